The lowest BCUT2D eigenvalue weighted by Gasteiger charge is -2.57. The number of ether oxygens (including phenoxy) is 1. The Morgan fingerprint density at radius 1 is 1.24 bits per heavy atom. The Balaban J connectivity index is 2.05. The molecule has 4 rings (SSSR count). The molecule has 0 radical (unpaired) electrons. The summed E-state index contributed by atoms with van der Waals surface area (Å²) in [6, 6.07) is 6.66. The van der Waals surface area contributed by atoms with Gasteiger partial charge in [0.15, 0.2) is 0 Å². The summed E-state index contributed by atoms with van der Waals surface area (Å²) in [5.41, 5.74) is -3.15. The first-order chi connectivity index (χ1) is 13.3. The van der Waals surface area contributed by atoms with E-state index in [1.54, 1.807) is 10.8 Å². The molecule has 0 unspecified atom stereocenters. The SMILES string of the molecule is COC(=O)[C@@](CC1=CC[C@H]2C[C@H]1C2(C)C)(NS(=O)(=O)c1ccccc1)C(F)(F)F. The summed E-state index contributed by atoms with van der Waals surface area (Å²) < 4.78 is 74.5. The van der Waals surface area contributed by atoms with Crippen molar-refractivity contribution in [1.82, 2.24) is 4.72 Å². The molecule has 0 saturated heterocycles. The number of allylic oxidation sites excluding steroid dienone is 1. The monoisotopic (exact) mass is 431 g/mol. The lowest BCUT2D eigenvalue weighted by Crippen LogP contribution is -2.65. The molecule has 29 heavy (non-hydrogen) atoms. The highest BCUT2D eigenvalue weighted by Gasteiger charge is 2.65. The van der Waals surface area contributed by atoms with Crippen LogP contribution >= 0.6 is 0 Å². The fourth-order valence-corrected chi connectivity index (χ4v) is 5.83. The predicted octanol–water partition coefficient (Wildman–Crippen LogP) is 3.82. The Hall–Kier alpha value is -1.87. The topological polar surface area (TPSA) is 72.5 Å². The minimum Gasteiger partial charge on any atom is -0.467 e. The second-order valence-corrected chi connectivity index (χ2v) is 9.99. The van der Waals surface area contributed by atoms with E-state index in [1.807, 2.05) is 13.8 Å². The van der Waals surface area contributed by atoms with E-state index in [-0.39, 0.29) is 16.2 Å². The number of fused-ring (bicyclic) bond motifs is 1. The Morgan fingerprint density at radius 3 is 2.34 bits per heavy atom. The quantitative estimate of drug-likeness (QED) is 0.549. The molecule has 1 N–H and O–H groups in total. The van der Waals surface area contributed by atoms with Gasteiger partial charge in [-0.25, -0.2) is 13.2 Å². The van der Waals surface area contributed by atoms with E-state index in [4.69, 9.17) is 0 Å². The van der Waals surface area contributed by atoms with Crippen molar-refractivity contribution in [1.29, 1.82) is 0 Å². The summed E-state index contributed by atoms with van der Waals surface area (Å²) in [6.07, 6.45) is -2.95. The lowest BCUT2D eigenvalue weighted by atomic mass is 9.48. The summed E-state index contributed by atoms with van der Waals surface area (Å²) in [4.78, 5) is 12.1. The zero-order valence-corrected chi connectivity index (χ0v) is 17.2. The molecule has 1 saturated carbocycles. The molecule has 3 aliphatic rings. The van der Waals surface area contributed by atoms with Gasteiger partial charge in [0.25, 0.3) is 0 Å². The maximum absolute atomic E-state index is 14.3. The molecule has 3 aliphatic carbocycles. The van der Waals surface area contributed by atoms with E-state index in [1.165, 1.54) is 30.3 Å². The van der Waals surface area contributed by atoms with Crippen LogP contribution in [0.15, 0.2) is 46.9 Å². The van der Waals surface area contributed by atoms with Crippen LogP contribution < -0.4 is 4.72 Å². The molecule has 0 aliphatic heterocycles. The lowest BCUT2D eigenvalue weighted by molar-refractivity contribution is -0.208. The van der Waals surface area contributed by atoms with E-state index in [2.05, 4.69) is 4.74 Å². The van der Waals surface area contributed by atoms with Crippen molar-refractivity contribution in [3.05, 3.63) is 42.0 Å². The van der Waals surface area contributed by atoms with Gasteiger partial charge in [0.05, 0.1) is 12.0 Å². The van der Waals surface area contributed by atoms with E-state index < -0.39 is 34.1 Å². The number of methoxy groups -OCH3 is 1. The summed E-state index contributed by atoms with van der Waals surface area (Å²) in [5.74, 6) is -1.42. The minimum atomic E-state index is -5.20. The second-order valence-electron chi connectivity index (χ2n) is 8.31. The molecule has 3 atom stereocenters. The summed E-state index contributed by atoms with van der Waals surface area (Å²) in [5, 5.41) is 0. The van der Waals surface area contributed by atoms with Crippen LogP contribution in [0.4, 0.5) is 13.2 Å². The van der Waals surface area contributed by atoms with Gasteiger partial charge in [-0.3, -0.25) is 0 Å². The van der Waals surface area contributed by atoms with E-state index in [0.717, 1.165) is 13.5 Å². The second kappa shape index (κ2) is 7.12. The molecular formula is C20H24F3NO4S. The number of sulfonamides is 1. The third-order valence-electron chi connectivity index (χ3n) is 6.43. The number of carbonyl (C=O) groups excluding carboxylic acids is 1. The van der Waals surface area contributed by atoms with Crippen LogP contribution in [0.1, 0.15) is 33.1 Å². The van der Waals surface area contributed by atoms with Crippen molar-refractivity contribution in [2.45, 2.75) is 49.7 Å². The summed E-state index contributed by atoms with van der Waals surface area (Å²) in [6.45, 7) is 3.97. The van der Waals surface area contributed by atoms with Gasteiger partial charge in [-0.15, -0.1) is 0 Å². The number of esters is 1. The molecule has 0 spiro atoms. The molecule has 160 valence electrons. The van der Waals surface area contributed by atoms with Crippen molar-refractivity contribution >= 4 is 16.0 Å². The molecule has 9 heteroatoms. The summed E-state index contributed by atoms with van der Waals surface area (Å²) >= 11 is 0. The maximum Gasteiger partial charge on any atom is 0.418 e. The van der Waals surface area contributed by atoms with Crippen LogP contribution in [0.25, 0.3) is 0 Å². The number of hydrogen-bond acceptors (Lipinski definition) is 4. The van der Waals surface area contributed by atoms with Gasteiger partial charge in [0, 0.05) is 6.42 Å². The smallest absolute Gasteiger partial charge is 0.418 e. The van der Waals surface area contributed by atoms with Gasteiger partial charge in [-0.05, 0) is 42.2 Å². The van der Waals surface area contributed by atoms with Crippen molar-refractivity contribution < 1.29 is 31.1 Å². The molecule has 0 amide bonds. The first-order valence-corrected chi connectivity index (χ1v) is 10.8. The molecule has 1 aromatic carbocycles. The standard InChI is InChI=1S/C20H24F3NO4S/c1-18(2)14-10-9-13(16(18)11-14)12-19(17(25)28-3,20(21,22)23)24-29(26,27)15-7-5-4-6-8-15/h4-9,14,16,24H,10-12H2,1-3H3/t14-,16+,19+/m0/s1. The van der Waals surface area contributed by atoms with Gasteiger partial charge in [0.2, 0.25) is 15.6 Å². The Kier molecular flexibility index (Phi) is 5.36. The van der Waals surface area contributed by atoms with Gasteiger partial charge in [-0.1, -0.05) is 43.7 Å². The molecule has 1 aromatic rings. The van der Waals surface area contributed by atoms with Crippen LogP contribution in [0, 0.1) is 17.3 Å². The highest BCUT2D eigenvalue weighted by atomic mass is 32.2. The molecule has 2 bridgehead atoms. The number of carbonyl (C=O) groups is 1. The number of alkyl halides is 3. The number of benzene rings is 1. The van der Waals surface area contributed by atoms with E-state index >= 15 is 0 Å². The third-order valence-corrected chi connectivity index (χ3v) is 7.94. The number of hydrogen-bond donors (Lipinski definition) is 1. The molecule has 1 fully saturated rings. The molecule has 0 aromatic heterocycles. The zero-order chi connectivity index (χ0) is 21.7. The first-order valence-electron chi connectivity index (χ1n) is 9.28. The van der Waals surface area contributed by atoms with Crippen LogP contribution in [0.5, 0.6) is 0 Å². The van der Waals surface area contributed by atoms with Crippen molar-refractivity contribution in [2.75, 3.05) is 7.11 Å². The predicted molar refractivity (Wildman–Crippen MR) is 100 cm³/mol. The van der Waals surface area contributed by atoms with Gasteiger partial charge >= 0.3 is 12.1 Å². The van der Waals surface area contributed by atoms with Crippen molar-refractivity contribution in [3.63, 3.8) is 0 Å². The maximum atomic E-state index is 14.3. The van der Waals surface area contributed by atoms with E-state index in [0.29, 0.717) is 17.9 Å². The van der Waals surface area contributed by atoms with E-state index in [9.17, 15) is 26.4 Å². The largest absolute Gasteiger partial charge is 0.467 e. The average Bonchev–Trinajstić information content (AvgIpc) is 2.66. The van der Waals surface area contributed by atoms with Crippen molar-refractivity contribution in [3.8, 4) is 0 Å². The fourth-order valence-electron chi connectivity index (χ4n) is 4.47. The highest BCUT2D eigenvalue weighted by molar-refractivity contribution is 7.89. The molecule has 0 heterocycles. The first kappa shape index (κ1) is 21.8. The Labute approximate surface area is 168 Å². The number of nitrogens with one attached hydrogen (secondary N) is 1. The number of halogens is 3. The normalized spacial score (nSPS) is 25.4. The zero-order valence-electron chi connectivity index (χ0n) is 16.4. The highest BCUT2D eigenvalue weighted by Crippen LogP contribution is 2.60. The third kappa shape index (κ3) is 3.59. The molecular weight excluding hydrogens is 407 g/mol. The van der Waals surface area contributed by atoms with Crippen LogP contribution in [0.3, 0.4) is 0 Å². The van der Waals surface area contributed by atoms with Crippen LogP contribution in [0.2, 0.25) is 0 Å². The Morgan fingerprint density at radius 2 is 1.86 bits per heavy atom. The average molecular weight is 431 g/mol. The van der Waals surface area contributed by atoms with Gasteiger partial charge in [0.1, 0.15) is 0 Å². The van der Waals surface area contributed by atoms with Gasteiger partial charge in [-0.2, -0.15) is 17.9 Å². The van der Waals surface area contributed by atoms with Gasteiger partial charge < -0.3 is 4.74 Å². The number of rotatable bonds is 6. The minimum absolute atomic E-state index is 0.131. The fraction of sp³-hybridized carbons (Fsp3) is 0.550. The van der Waals surface area contributed by atoms with Crippen molar-refractivity contribution in [2.24, 2.45) is 17.3 Å². The Bertz CT molecular complexity index is 925. The molecule has 5 nitrogen and oxygen atoms in total. The van der Waals surface area contributed by atoms with Crippen LogP contribution in [-0.4, -0.2) is 33.2 Å². The summed E-state index contributed by atoms with van der Waals surface area (Å²) in [7, 11) is -3.82. The van der Waals surface area contributed by atoms with Crippen LogP contribution in [-0.2, 0) is 19.6 Å².